The zero-order valence-electron chi connectivity index (χ0n) is 16.3. The van der Waals surface area contributed by atoms with Crippen LogP contribution in [0.1, 0.15) is 15.9 Å². The summed E-state index contributed by atoms with van der Waals surface area (Å²) in [6.45, 7) is 0.0465. The minimum Gasteiger partial charge on any atom is -0.495 e. The molecule has 0 aliphatic heterocycles. The second-order valence-corrected chi connectivity index (χ2v) is 6.33. The number of hydrogen-bond acceptors (Lipinski definition) is 5. The first-order valence-corrected chi connectivity index (χ1v) is 9.17. The average Bonchev–Trinajstić information content (AvgIpc) is 2.78. The molecule has 150 valence electrons. The third kappa shape index (κ3) is 5.36. The molecule has 0 radical (unpaired) electrons. The lowest BCUT2D eigenvalue weighted by Gasteiger charge is -2.11. The van der Waals surface area contributed by atoms with E-state index in [-0.39, 0.29) is 18.4 Å². The van der Waals surface area contributed by atoms with Gasteiger partial charge in [-0.1, -0.05) is 18.2 Å². The summed E-state index contributed by atoms with van der Waals surface area (Å²) in [6, 6.07) is 22.7. The standard InChI is InChI=1S/C23H20N4O3/c1-30-21-8-3-2-7-20(21)27-23(29)17-9-11-18(12-10-17)26-22(28)15-25-19-6-4-5-16(13-19)14-24/h2-13,25H,15H2,1H3,(H,26,28)(H,27,29). The lowest BCUT2D eigenvalue weighted by Crippen LogP contribution is -2.21. The predicted molar refractivity (Wildman–Crippen MR) is 116 cm³/mol. The fourth-order valence-corrected chi connectivity index (χ4v) is 2.73. The van der Waals surface area contributed by atoms with E-state index in [1.165, 1.54) is 7.11 Å². The highest BCUT2D eigenvalue weighted by Gasteiger charge is 2.10. The van der Waals surface area contributed by atoms with E-state index in [2.05, 4.69) is 22.0 Å². The summed E-state index contributed by atoms with van der Waals surface area (Å²) in [7, 11) is 1.54. The summed E-state index contributed by atoms with van der Waals surface area (Å²) in [6.07, 6.45) is 0. The molecule has 0 spiro atoms. The maximum atomic E-state index is 12.4. The monoisotopic (exact) mass is 400 g/mol. The Balaban J connectivity index is 1.55. The maximum absolute atomic E-state index is 12.4. The Morgan fingerprint density at radius 2 is 1.70 bits per heavy atom. The van der Waals surface area contributed by atoms with Gasteiger partial charge in [-0.25, -0.2) is 0 Å². The highest BCUT2D eigenvalue weighted by Crippen LogP contribution is 2.23. The first kappa shape index (κ1) is 20.4. The van der Waals surface area contributed by atoms with Crippen molar-refractivity contribution in [2.24, 2.45) is 0 Å². The lowest BCUT2D eigenvalue weighted by molar-refractivity contribution is -0.114. The van der Waals surface area contributed by atoms with Crippen LogP contribution in [0.4, 0.5) is 17.1 Å². The molecule has 3 aromatic rings. The highest BCUT2D eigenvalue weighted by molar-refractivity contribution is 6.05. The molecule has 7 heteroatoms. The Bertz CT molecular complexity index is 1090. The van der Waals surface area contributed by atoms with Crippen LogP contribution in [0.3, 0.4) is 0 Å². The molecule has 0 heterocycles. The molecule has 0 aliphatic rings. The molecule has 3 rings (SSSR count). The van der Waals surface area contributed by atoms with Crippen molar-refractivity contribution in [3.05, 3.63) is 83.9 Å². The largest absolute Gasteiger partial charge is 0.495 e. The van der Waals surface area contributed by atoms with E-state index in [0.29, 0.717) is 33.9 Å². The van der Waals surface area contributed by atoms with E-state index in [1.54, 1.807) is 66.7 Å². The number of nitrogens with one attached hydrogen (secondary N) is 3. The van der Waals surface area contributed by atoms with Crippen LogP contribution in [0.15, 0.2) is 72.8 Å². The van der Waals surface area contributed by atoms with Gasteiger partial charge in [0.2, 0.25) is 5.91 Å². The number of rotatable bonds is 7. The predicted octanol–water partition coefficient (Wildman–Crippen LogP) is 3.87. The minimum absolute atomic E-state index is 0.0465. The molecule has 0 aliphatic carbocycles. The van der Waals surface area contributed by atoms with E-state index < -0.39 is 0 Å². The van der Waals surface area contributed by atoms with Gasteiger partial charge in [-0.15, -0.1) is 0 Å². The van der Waals surface area contributed by atoms with Crippen molar-refractivity contribution in [2.75, 3.05) is 29.6 Å². The van der Waals surface area contributed by atoms with Gasteiger partial charge in [-0.2, -0.15) is 5.26 Å². The fraction of sp³-hybridized carbons (Fsp3) is 0.0870. The molecule has 7 nitrogen and oxygen atoms in total. The van der Waals surface area contributed by atoms with Crippen LogP contribution in [0.25, 0.3) is 0 Å². The topological polar surface area (TPSA) is 103 Å². The van der Waals surface area contributed by atoms with Gasteiger partial charge in [-0.05, 0) is 54.6 Å². The van der Waals surface area contributed by atoms with Crippen molar-refractivity contribution in [3.63, 3.8) is 0 Å². The van der Waals surface area contributed by atoms with Crippen molar-refractivity contribution in [1.82, 2.24) is 0 Å². The molecule has 30 heavy (non-hydrogen) atoms. The number of nitriles is 1. The number of benzene rings is 3. The molecule has 0 fully saturated rings. The Kier molecular flexibility index (Phi) is 6.64. The fourth-order valence-electron chi connectivity index (χ4n) is 2.73. The second kappa shape index (κ2) is 9.75. The van der Waals surface area contributed by atoms with E-state index in [9.17, 15) is 9.59 Å². The molecule has 0 aromatic heterocycles. The zero-order chi connectivity index (χ0) is 21.3. The average molecular weight is 400 g/mol. The van der Waals surface area contributed by atoms with E-state index in [4.69, 9.17) is 10.00 Å². The molecule has 0 saturated heterocycles. The molecular formula is C23H20N4O3. The van der Waals surface area contributed by atoms with Gasteiger partial charge < -0.3 is 20.7 Å². The van der Waals surface area contributed by atoms with Crippen molar-refractivity contribution < 1.29 is 14.3 Å². The quantitative estimate of drug-likeness (QED) is 0.559. The molecule has 0 unspecified atom stereocenters. The normalized spacial score (nSPS) is 9.87. The molecule has 0 saturated carbocycles. The second-order valence-electron chi connectivity index (χ2n) is 6.33. The summed E-state index contributed by atoms with van der Waals surface area (Å²) < 4.78 is 5.23. The Morgan fingerprint density at radius 1 is 0.933 bits per heavy atom. The summed E-state index contributed by atoms with van der Waals surface area (Å²) in [5.41, 5.74) is 2.80. The Morgan fingerprint density at radius 3 is 2.43 bits per heavy atom. The molecule has 3 N–H and O–H groups in total. The third-order valence-corrected chi connectivity index (χ3v) is 4.23. The van der Waals surface area contributed by atoms with Gasteiger partial charge in [0.1, 0.15) is 5.75 Å². The number of carbonyl (C=O) groups excluding carboxylic acids is 2. The number of para-hydroxylation sites is 2. The van der Waals surface area contributed by atoms with Crippen LogP contribution in [0, 0.1) is 11.3 Å². The summed E-state index contributed by atoms with van der Waals surface area (Å²) in [4.78, 5) is 24.6. The number of amides is 2. The molecular weight excluding hydrogens is 380 g/mol. The van der Waals surface area contributed by atoms with Crippen molar-refractivity contribution in [2.45, 2.75) is 0 Å². The summed E-state index contributed by atoms with van der Waals surface area (Å²) >= 11 is 0. The number of ether oxygens (including phenoxy) is 1. The first-order chi connectivity index (χ1) is 14.6. The van der Waals surface area contributed by atoms with Crippen LogP contribution < -0.4 is 20.7 Å². The minimum atomic E-state index is -0.281. The van der Waals surface area contributed by atoms with Gasteiger partial charge in [0.25, 0.3) is 5.91 Å². The number of methoxy groups -OCH3 is 1. The number of nitrogens with zero attached hydrogens (tertiary/aromatic N) is 1. The zero-order valence-corrected chi connectivity index (χ0v) is 16.3. The molecule has 3 aromatic carbocycles. The van der Waals surface area contributed by atoms with Crippen LogP contribution in [0.2, 0.25) is 0 Å². The molecule has 2 amide bonds. The van der Waals surface area contributed by atoms with Gasteiger partial charge in [-0.3, -0.25) is 9.59 Å². The summed E-state index contributed by atoms with van der Waals surface area (Å²) in [5.74, 6) is 0.0440. The Labute approximate surface area is 174 Å². The Hall–Kier alpha value is -4.31. The number of anilines is 3. The van der Waals surface area contributed by atoms with Crippen molar-refractivity contribution in [3.8, 4) is 11.8 Å². The van der Waals surface area contributed by atoms with Crippen LogP contribution >= 0.6 is 0 Å². The smallest absolute Gasteiger partial charge is 0.255 e. The van der Waals surface area contributed by atoms with E-state index in [0.717, 1.165) is 0 Å². The van der Waals surface area contributed by atoms with Crippen LogP contribution in [-0.2, 0) is 4.79 Å². The van der Waals surface area contributed by atoms with Gasteiger partial charge >= 0.3 is 0 Å². The lowest BCUT2D eigenvalue weighted by atomic mass is 10.2. The van der Waals surface area contributed by atoms with Crippen molar-refractivity contribution in [1.29, 1.82) is 5.26 Å². The van der Waals surface area contributed by atoms with Crippen molar-refractivity contribution >= 4 is 28.9 Å². The summed E-state index contributed by atoms with van der Waals surface area (Å²) in [5, 5.41) is 17.4. The van der Waals surface area contributed by atoms with Gasteiger partial charge in [0.15, 0.2) is 0 Å². The number of hydrogen-bond donors (Lipinski definition) is 3. The maximum Gasteiger partial charge on any atom is 0.255 e. The van der Waals surface area contributed by atoms with Gasteiger partial charge in [0.05, 0.1) is 31.0 Å². The van der Waals surface area contributed by atoms with E-state index in [1.807, 2.05) is 6.07 Å². The van der Waals surface area contributed by atoms with E-state index >= 15 is 0 Å². The highest BCUT2D eigenvalue weighted by atomic mass is 16.5. The molecule has 0 bridgehead atoms. The molecule has 0 atom stereocenters. The first-order valence-electron chi connectivity index (χ1n) is 9.17. The van der Waals surface area contributed by atoms with Gasteiger partial charge in [0, 0.05) is 16.9 Å². The van der Waals surface area contributed by atoms with Crippen LogP contribution in [-0.4, -0.2) is 25.5 Å². The number of carbonyl (C=O) groups is 2. The van der Waals surface area contributed by atoms with Crippen LogP contribution in [0.5, 0.6) is 5.75 Å². The SMILES string of the molecule is COc1ccccc1NC(=O)c1ccc(NC(=O)CNc2cccc(C#N)c2)cc1. The third-order valence-electron chi connectivity index (χ3n) is 4.23.